The number of benzene rings is 3. The molecule has 1 atom stereocenters. The number of ether oxygens (including phenoxy) is 1. The quantitative estimate of drug-likeness (QED) is 0.314. The second-order valence-corrected chi connectivity index (χ2v) is 11.2. The molecular formula is C26H24ClF5N2O3S. The summed E-state index contributed by atoms with van der Waals surface area (Å²) in [6, 6.07) is 13.8. The van der Waals surface area contributed by atoms with Gasteiger partial charge in [-0.05, 0) is 54.1 Å². The maximum absolute atomic E-state index is 14.1. The highest BCUT2D eigenvalue weighted by atomic mass is 35.5. The summed E-state index contributed by atoms with van der Waals surface area (Å²) in [4.78, 5) is 1.74. The van der Waals surface area contributed by atoms with Crippen LogP contribution >= 0.6 is 11.6 Å². The Morgan fingerprint density at radius 3 is 2.00 bits per heavy atom. The van der Waals surface area contributed by atoms with Gasteiger partial charge in [-0.1, -0.05) is 29.8 Å². The fourth-order valence-corrected chi connectivity index (χ4v) is 5.69. The molecule has 1 fully saturated rings. The van der Waals surface area contributed by atoms with Crippen molar-refractivity contribution in [2.75, 3.05) is 32.7 Å². The highest BCUT2D eigenvalue weighted by Gasteiger charge is 2.33. The highest BCUT2D eigenvalue weighted by molar-refractivity contribution is 7.89. The minimum Gasteiger partial charge on any atom is -0.367 e. The van der Waals surface area contributed by atoms with E-state index in [1.165, 1.54) is 10.4 Å². The maximum Gasteiger partial charge on any atom is 0.416 e. The van der Waals surface area contributed by atoms with E-state index in [4.69, 9.17) is 16.3 Å². The zero-order chi connectivity index (χ0) is 27.5. The van der Waals surface area contributed by atoms with Gasteiger partial charge in [-0.2, -0.15) is 17.5 Å². The second kappa shape index (κ2) is 11.7. The van der Waals surface area contributed by atoms with Crippen LogP contribution in [0, 0.1) is 11.6 Å². The summed E-state index contributed by atoms with van der Waals surface area (Å²) in [5.74, 6) is -1.44. The Hall–Kier alpha value is -2.57. The van der Waals surface area contributed by atoms with Crippen LogP contribution in [-0.4, -0.2) is 50.3 Å². The molecule has 0 N–H and O–H groups in total. The van der Waals surface area contributed by atoms with Crippen LogP contribution in [0.5, 0.6) is 0 Å². The molecule has 1 saturated heterocycles. The zero-order valence-corrected chi connectivity index (χ0v) is 21.5. The Bertz CT molecular complexity index is 1320. The van der Waals surface area contributed by atoms with Crippen LogP contribution < -0.4 is 0 Å². The SMILES string of the molecule is O=S(=O)(c1ccc(C(F)(F)F)cc1)N1CCN(C[C@H](OCc2c(F)cccc2F)c2ccc(Cl)cc2)CC1. The molecule has 0 aromatic heterocycles. The van der Waals surface area contributed by atoms with Gasteiger partial charge in [0.25, 0.3) is 0 Å². The smallest absolute Gasteiger partial charge is 0.367 e. The van der Waals surface area contributed by atoms with Crippen LogP contribution in [0.2, 0.25) is 5.02 Å². The average Bonchev–Trinajstić information content (AvgIpc) is 2.88. The summed E-state index contributed by atoms with van der Waals surface area (Å²) in [6.07, 6.45) is -5.15. The fourth-order valence-electron chi connectivity index (χ4n) is 4.14. The van der Waals surface area contributed by atoms with Crippen molar-refractivity contribution in [2.24, 2.45) is 0 Å². The first kappa shape index (κ1) is 28.4. The lowest BCUT2D eigenvalue weighted by Crippen LogP contribution is -2.49. The topological polar surface area (TPSA) is 49.9 Å². The first-order valence-electron chi connectivity index (χ1n) is 11.6. The fraction of sp³-hybridized carbons (Fsp3) is 0.308. The first-order chi connectivity index (χ1) is 17.9. The van der Waals surface area contributed by atoms with Crippen LogP contribution in [0.4, 0.5) is 22.0 Å². The van der Waals surface area contributed by atoms with Gasteiger partial charge < -0.3 is 4.74 Å². The molecule has 4 rings (SSSR count). The van der Waals surface area contributed by atoms with E-state index < -0.39 is 39.5 Å². The Morgan fingerprint density at radius 1 is 0.868 bits per heavy atom. The molecule has 0 spiro atoms. The van der Waals surface area contributed by atoms with Crippen molar-refractivity contribution in [3.8, 4) is 0 Å². The Morgan fingerprint density at radius 2 is 1.45 bits per heavy atom. The Balaban J connectivity index is 1.43. The predicted octanol–water partition coefficient (Wildman–Crippen LogP) is 5.90. The minimum atomic E-state index is -4.56. The largest absolute Gasteiger partial charge is 0.416 e. The summed E-state index contributed by atoms with van der Waals surface area (Å²) in [5.41, 5.74) is -0.394. The molecule has 0 bridgehead atoms. The highest BCUT2D eigenvalue weighted by Crippen LogP contribution is 2.31. The van der Waals surface area contributed by atoms with Gasteiger partial charge in [-0.25, -0.2) is 17.2 Å². The maximum atomic E-state index is 14.1. The lowest BCUT2D eigenvalue weighted by Gasteiger charge is -2.36. The molecule has 3 aromatic carbocycles. The predicted molar refractivity (Wildman–Crippen MR) is 132 cm³/mol. The van der Waals surface area contributed by atoms with Gasteiger partial charge in [-0.15, -0.1) is 0 Å². The average molecular weight is 575 g/mol. The molecule has 38 heavy (non-hydrogen) atoms. The van der Waals surface area contributed by atoms with Gasteiger partial charge in [0.05, 0.1) is 23.2 Å². The van der Waals surface area contributed by atoms with Gasteiger partial charge in [-0.3, -0.25) is 4.90 Å². The number of nitrogens with zero attached hydrogens (tertiary/aromatic N) is 2. The second-order valence-electron chi connectivity index (χ2n) is 8.78. The van der Waals surface area contributed by atoms with E-state index in [0.717, 1.165) is 42.0 Å². The number of sulfonamides is 1. The van der Waals surface area contributed by atoms with Gasteiger partial charge in [0, 0.05) is 43.3 Å². The van der Waals surface area contributed by atoms with Crippen molar-refractivity contribution >= 4 is 21.6 Å². The van der Waals surface area contributed by atoms with Gasteiger partial charge in [0.15, 0.2) is 0 Å². The summed E-state index contributed by atoms with van der Waals surface area (Å²) in [6.45, 7) is 0.861. The summed E-state index contributed by atoms with van der Waals surface area (Å²) in [7, 11) is -3.98. The zero-order valence-electron chi connectivity index (χ0n) is 20.0. The van der Waals surface area contributed by atoms with Crippen molar-refractivity contribution in [3.05, 3.63) is 100 Å². The van der Waals surface area contributed by atoms with Crippen molar-refractivity contribution < 1.29 is 35.1 Å². The number of alkyl halides is 3. The molecule has 5 nitrogen and oxygen atoms in total. The third-order valence-corrected chi connectivity index (χ3v) is 8.47. The monoisotopic (exact) mass is 574 g/mol. The standard InChI is InChI=1S/C26H24ClF5N2O3S/c27-20-8-4-18(5-9-20)25(37-17-22-23(28)2-1-3-24(22)29)16-33-12-14-34(15-13-33)38(35,36)21-10-6-19(7-11-21)26(30,31)32/h1-11,25H,12-17H2/t25-/m0/s1. The van der Waals surface area contributed by atoms with Crippen molar-refractivity contribution in [1.29, 1.82) is 0 Å². The number of hydrogen-bond acceptors (Lipinski definition) is 4. The first-order valence-corrected chi connectivity index (χ1v) is 13.5. The molecule has 204 valence electrons. The lowest BCUT2D eigenvalue weighted by atomic mass is 10.1. The van der Waals surface area contributed by atoms with E-state index in [2.05, 4.69) is 0 Å². The third kappa shape index (κ3) is 6.70. The molecule has 1 aliphatic rings. The number of piperazine rings is 1. The minimum absolute atomic E-state index is 0.110. The number of halogens is 6. The van der Waals surface area contributed by atoms with Gasteiger partial charge >= 0.3 is 6.18 Å². The van der Waals surface area contributed by atoms with Crippen LogP contribution in [0.1, 0.15) is 22.8 Å². The van der Waals surface area contributed by atoms with Crippen LogP contribution in [0.3, 0.4) is 0 Å². The van der Waals surface area contributed by atoms with Crippen LogP contribution in [0.15, 0.2) is 71.6 Å². The van der Waals surface area contributed by atoms with Crippen LogP contribution in [-0.2, 0) is 27.5 Å². The van der Waals surface area contributed by atoms with Gasteiger partial charge in [0.1, 0.15) is 11.6 Å². The molecule has 3 aromatic rings. The summed E-state index contributed by atoms with van der Waals surface area (Å²) >= 11 is 5.99. The molecule has 0 unspecified atom stereocenters. The Labute approximate surface area is 222 Å². The third-order valence-electron chi connectivity index (χ3n) is 6.31. The normalized spacial score (nSPS) is 16.5. The molecule has 0 aliphatic carbocycles. The molecule has 0 saturated carbocycles. The van der Waals surface area contributed by atoms with E-state index >= 15 is 0 Å². The molecule has 1 aliphatic heterocycles. The van der Waals surface area contributed by atoms with E-state index in [0.29, 0.717) is 24.7 Å². The van der Waals surface area contributed by atoms with Crippen molar-refractivity contribution in [2.45, 2.75) is 23.8 Å². The van der Waals surface area contributed by atoms with E-state index in [1.54, 1.807) is 24.3 Å². The summed E-state index contributed by atoms with van der Waals surface area (Å²) < 4.78 is 99.8. The van der Waals surface area contributed by atoms with E-state index in [9.17, 15) is 30.4 Å². The summed E-state index contributed by atoms with van der Waals surface area (Å²) in [5, 5.41) is 0.509. The number of rotatable bonds is 8. The molecular weight excluding hydrogens is 551 g/mol. The number of hydrogen-bond donors (Lipinski definition) is 0. The molecule has 0 amide bonds. The van der Waals surface area contributed by atoms with Gasteiger partial charge in [0.2, 0.25) is 10.0 Å². The molecule has 12 heteroatoms. The van der Waals surface area contributed by atoms with Crippen molar-refractivity contribution in [1.82, 2.24) is 9.21 Å². The van der Waals surface area contributed by atoms with Crippen molar-refractivity contribution in [3.63, 3.8) is 0 Å². The Kier molecular flexibility index (Phi) is 8.73. The van der Waals surface area contributed by atoms with E-state index in [-0.39, 0.29) is 30.2 Å². The lowest BCUT2D eigenvalue weighted by molar-refractivity contribution is -0.137. The van der Waals surface area contributed by atoms with E-state index in [1.807, 2.05) is 4.90 Å². The van der Waals surface area contributed by atoms with Crippen LogP contribution in [0.25, 0.3) is 0 Å². The molecule has 0 radical (unpaired) electrons. The molecule has 1 heterocycles.